The topological polar surface area (TPSA) is 190 Å². The number of piperazine rings is 1. The Morgan fingerprint density at radius 3 is 1.43 bits per heavy atom. The van der Waals surface area contributed by atoms with Crippen LogP contribution in [0.2, 0.25) is 0 Å². The molecule has 26 heteroatoms. The molecule has 4 heterocycles. The van der Waals surface area contributed by atoms with E-state index in [0.29, 0.717) is 6.04 Å². The number of pyridine rings is 1. The average molecular weight is 797 g/mol. The Morgan fingerprint density at radius 1 is 0.660 bits per heavy atom. The van der Waals surface area contributed by atoms with Crippen molar-refractivity contribution in [1.29, 1.82) is 0 Å². The first kappa shape index (κ1) is 48.3. The Bertz CT molecular complexity index is 1360. The first-order valence-corrected chi connectivity index (χ1v) is 14.3. The number of fused-ring (bicyclic) bond motifs is 1. The van der Waals surface area contributed by atoms with Crippen LogP contribution in [-0.4, -0.2) is 138 Å². The smallest absolute Gasteiger partial charge is 0.475 e. The highest BCUT2D eigenvalue weighted by molar-refractivity contribution is 5.74. The number of likely N-dealkylation sites (N-methyl/N-ethyl adjacent to an activating group) is 1. The van der Waals surface area contributed by atoms with Crippen LogP contribution in [0.5, 0.6) is 0 Å². The summed E-state index contributed by atoms with van der Waals surface area (Å²) >= 11 is 0. The van der Waals surface area contributed by atoms with Crippen molar-refractivity contribution in [3.63, 3.8) is 0 Å². The zero-order valence-corrected chi connectivity index (χ0v) is 27.3. The molecule has 0 radical (unpaired) electrons. The van der Waals surface area contributed by atoms with Crippen LogP contribution in [0.3, 0.4) is 0 Å². The molecule has 0 saturated carbocycles. The van der Waals surface area contributed by atoms with Gasteiger partial charge in [-0.1, -0.05) is 6.07 Å². The minimum atomic E-state index is -5.08. The number of aliphatic carboxylic acids is 4. The molecule has 2 aliphatic heterocycles. The van der Waals surface area contributed by atoms with Crippen LogP contribution < -0.4 is 0 Å². The van der Waals surface area contributed by atoms with Crippen LogP contribution >= 0.6 is 0 Å². The number of imidazole rings is 1. The van der Waals surface area contributed by atoms with Crippen molar-refractivity contribution in [3.8, 4) is 0 Å². The molecule has 2 aliphatic rings. The molecule has 0 spiro atoms. The summed E-state index contributed by atoms with van der Waals surface area (Å²) in [6, 6.07) is 6.47. The summed E-state index contributed by atoms with van der Waals surface area (Å²) in [5.41, 5.74) is 2.50. The van der Waals surface area contributed by atoms with E-state index < -0.39 is 48.6 Å². The molecule has 0 aliphatic carbocycles. The van der Waals surface area contributed by atoms with E-state index in [0.717, 1.165) is 58.1 Å². The predicted molar refractivity (Wildman–Crippen MR) is 153 cm³/mol. The highest BCUT2D eigenvalue weighted by atomic mass is 19.4. The van der Waals surface area contributed by atoms with Crippen molar-refractivity contribution in [3.05, 3.63) is 47.8 Å². The third kappa shape index (κ3) is 19.1. The Morgan fingerprint density at radius 2 is 1.08 bits per heavy atom. The third-order valence-corrected chi connectivity index (χ3v) is 6.54. The average Bonchev–Trinajstić information content (AvgIpc) is 3.43. The van der Waals surface area contributed by atoms with E-state index >= 15 is 0 Å². The van der Waals surface area contributed by atoms with Gasteiger partial charge < -0.3 is 29.9 Å². The lowest BCUT2D eigenvalue weighted by Gasteiger charge is -2.35. The molecule has 4 rings (SSSR count). The first-order chi connectivity index (χ1) is 24.0. The van der Waals surface area contributed by atoms with Crippen molar-refractivity contribution in [2.45, 2.75) is 57.3 Å². The molecule has 4 N–H and O–H groups in total. The second kappa shape index (κ2) is 20.5. The van der Waals surface area contributed by atoms with Gasteiger partial charge in [0, 0.05) is 64.8 Å². The molecule has 2 aromatic heterocycles. The van der Waals surface area contributed by atoms with Crippen molar-refractivity contribution >= 4 is 23.9 Å². The molecule has 1 saturated heterocycles. The minimum Gasteiger partial charge on any atom is -0.475 e. The fraction of sp³-hybridized carbons (Fsp3) is 0.556. The number of halogens is 12. The largest absolute Gasteiger partial charge is 0.490 e. The molecule has 1 unspecified atom stereocenters. The number of carboxylic acid groups (broad SMARTS) is 4. The van der Waals surface area contributed by atoms with Gasteiger partial charge in [0.15, 0.2) is 0 Å². The summed E-state index contributed by atoms with van der Waals surface area (Å²) in [5, 5.41) is 28.5. The summed E-state index contributed by atoms with van der Waals surface area (Å²) in [6.45, 7) is 10.9. The Balaban J connectivity index is 0.000000791. The maximum Gasteiger partial charge on any atom is 0.490 e. The lowest BCUT2D eigenvalue weighted by molar-refractivity contribution is -0.193. The van der Waals surface area contributed by atoms with Gasteiger partial charge in [-0.2, -0.15) is 52.7 Å². The second-order valence-corrected chi connectivity index (χ2v) is 10.5. The lowest BCUT2D eigenvalue weighted by Crippen LogP contribution is -2.44. The number of aromatic nitrogens is 3. The molecule has 1 atom stereocenters. The zero-order chi connectivity index (χ0) is 41.5. The molecule has 0 bridgehead atoms. The maximum absolute atomic E-state index is 10.6. The predicted octanol–water partition coefficient (Wildman–Crippen LogP) is 4.14. The number of carbonyl (C=O) groups is 4. The molecular formula is C27H32F12N6O8. The van der Waals surface area contributed by atoms with Crippen LogP contribution in [0.25, 0.3) is 0 Å². The Labute approximate surface area is 290 Å². The van der Waals surface area contributed by atoms with Crippen LogP contribution in [0.4, 0.5) is 52.7 Å². The van der Waals surface area contributed by atoms with E-state index in [2.05, 4.69) is 56.6 Å². The van der Waals surface area contributed by atoms with E-state index in [1.807, 2.05) is 12.3 Å². The van der Waals surface area contributed by atoms with Gasteiger partial charge >= 0.3 is 48.6 Å². The van der Waals surface area contributed by atoms with E-state index in [-0.39, 0.29) is 0 Å². The third-order valence-electron chi connectivity index (χ3n) is 6.54. The molecule has 14 nitrogen and oxygen atoms in total. The molecule has 0 amide bonds. The van der Waals surface area contributed by atoms with Crippen LogP contribution in [0.1, 0.15) is 30.2 Å². The fourth-order valence-electron chi connectivity index (χ4n) is 3.88. The van der Waals surface area contributed by atoms with Crippen LogP contribution in [0, 0.1) is 0 Å². The van der Waals surface area contributed by atoms with Crippen LogP contribution in [-0.2, 0) is 38.8 Å². The molecule has 2 aromatic rings. The summed E-state index contributed by atoms with van der Waals surface area (Å²) in [6.07, 6.45) is -16.4. The highest BCUT2D eigenvalue weighted by Crippen LogP contribution is 2.27. The Kier molecular flexibility index (Phi) is 18.7. The standard InChI is InChI=1S/C19H28N6.4C2HF3O2/c1-16-19-21-13-18(15-23-9-7-22(2)8-10-23)25(19)12-11-24(16)14-17-5-3-4-6-20-17;4*3-2(4,5)1(6)7/h3-6,13,16H,7-12,14-15H2,1-2H3;4*(H,6,7). The van der Waals surface area contributed by atoms with Crippen molar-refractivity contribution in [2.75, 3.05) is 39.8 Å². The quantitative estimate of drug-likeness (QED) is 0.324. The number of alkyl halides is 12. The summed E-state index contributed by atoms with van der Waals surface area (Å²) < 4.78 is 129. The highest BCUT2D eigenvalue weighted by Gasteiger charge is 2.40. The Hall–Kier alpha value is -4.72. The van der Waals surface area contributed by atoms with Gasteiger partial charge in [0.25, 0.3) is 0 Å². The van der Waals surface area contributed by atoms with E-state index in [1.54, 1.807) is 0 Å². The first-order valence-electron chi connectivity index (χ1n) is 14.3. The number of carboxylic acids is 4. The van der Waals surface area contributed by atoms with Gasteiger partial charge in [0.1, 0.15) is 5.82 Å². The fourth-order valence-corrected chi connectivity index (χ4v) is 3.88. The number of hydrogen-bond acceptors (Lipinski definition) is 9. The van der Waals surface area contributed by atoms with Crippen molar-refractivity contribution in [2.24, 2.45) is 0 Å². The summed E-state index contributed by atoms with van der Waals surface area (Å²) in [5.74, 6) is -9.83. The summed E-state index contributed by atoms with van der Waals surface area (Å²) in [7, 11) is 2.20. The van der Waals surface area contributed by atoms with Gasteiger partial charge in [-0.3, -0.25) is 14.8 Å². The number of rotatable bonds is 4. The zero-order valence-electron chi connectivity index (χ0n) is 27.3. The van der Waals surface area contributed by atoms with Gasteiger partial charge in [0.05, 0.1) is 17.4 Å². The van der Waals surface area contributed by atoms with E-state index in [4.69, 9.17) is 44.6 Å². The normalized spacial score (nSPS) is 16.8. The molecule has 302 valence electrons. The molecule has 1 fully saturated rings. The van der Waals surface area contributed by atoms with Gasteiger partial charge in [-0.05, 0) is 26.1 Å². The molecule has 53 heavy (non-hydrogen) atoms. The molecule has 0 aromatic carbocycles. The molecular weight excluding hydrogens is 764 g/mol. The number of hydrogen-bond donors (Lipinski definition) is 4. The lowest BCUT2D eigenvalue weighted by atomic mass is 10.2. The maximum atomic E-state index is 10.6. The van der Waals surface area contributed by atoms with Gasteiger partial charge in [-0.25, -0.2) is 24.2 Å². The van der Waals surface area contributed by atoms with E-state index in [1.165, 1.54) is 11.5 Å². The van der Waals surface area contributed by atoms with Crippen molar-refractivity contribution < 1.29 is 92.3 Å². The number of nitrogens with zero attached hydrogens (tertiary/aromatic N) is 6. The monoisotopic (exact) mass is 796 g/mol. The van der Waals surface area contributed by atoms with Gasteiger partial charge in [0.2, 0.25) is 0 Å². The van der Waals surface area contributed by atoms with Crippen LogP contribution in [0.15, 0.2) is 30.6 Å². The second-order valence-electron chi connectivity index (χ2n) is 10.5. The minimum absolute atomic E-state index is 0.331. The SMILES string of the molecule is CC1c2ncc(CN3CCN(C)CC3)n2CCN1Cc1ccccn1.O=C(O)C(F)(F)F.O=C(O)C(F)(F)F.O=C(O)C(F)(F)F.O=C(O)C(F)(F)F. The van der Waals surface area contributed by atoms with Crippen molar-refractivity contribution in [1.82, 2.24) is 29.2 Å². The van der Waals surface area contributed by atoms with E-state index in [9.17, 15) is 52.7 Å². The van der Waals surface area contributed by atoms with Gasteiger partial charge in [-0.15, -0.1) is 0 Å². The summed E-state index contributed by atoms with van der Waals surface area (Å²) in [4.78, 5) is 52.3.